The lowest BCUT2D eigenvalue weighted by Gasteiger charge is -2.10. The smallest absolute Gasteiger partial charge is 0.307 e. The first-order chi connectivity index (χ1) is 17.5. The minimum atomic E-state index is -0.841. The van der Waals surface area contributed by atoms with Gasteiger partial charge in [-0.1, -0.05) is 73.7 Å². The highest BCUT2D eigenvalue weighted by Gasteiger charge is 2.13. The van der Waals surface area contributed by atoms with E-state index < -0.39 is 11.9 Å². The highest BCUT2D eigenvalue weighted by molar-refractivity contribution is 7.98. The van der Waals surface area contributed by atoms with Crippen molar-refractivity contribution >= 4 is 39.7 Å². The van der Waals surface area contributed by atoms with Crippen molar-refractivity contribution in [3.8, 4) is 16.9 Å². The second-order valence-corrected chi connectivity index (χ2v) is 9.80. The number of hydrogen-bond donors (Lipinski definition) is 1. The Bertz CT molecular complexity index is 1520. The summed E-state index contributed by atoms with van der Waals surface area (Å²) in [6.07, 6.45) is 0. The van der Waals surface area contributed by atoms with Crippen LogP contribution in [0.25, 0.3) is 33.1 Å². The summed E-state index contributed by atoms with van der Waals surface area (Å²) in [7, 11) is 0. The molecule has 1 heterocycles. The number of carbonyl (C=O) groups is 1. The van der Waals surface area contributed by atoms with Gasteiger partial charge < -0.3 is 14.3 Å². The normalized spacial score (nSPS) is 12.2. The van der Waals surface area contributed by atoms with Crippen LogP contribution in [0.4, 0.5) is 4.39 Å². The van der Waals surface area contributed by atoms with Crippen molar-refractivity contribution in [2.75, 3.05) is 5.75 Å². The molecule has 4 aromatic carbocycles. The maximum atomic E-state index is 14.5. The van der Waals surface area contributed by atoms with E-state index in [1.807, 2.05) is 48.5 Å². The van der Waals surface area contributed by atoms with E-state index in [-0.39, 0.29) is 5.82 Å². The van der Waals surface area contributed by atoms with Crippen LogP contribution in [0.5, 0.6) is 5.75 Å². The van der Waals surface area contributed by atoms with E-state index in [4.69, 9.17) is 14.3 Å². The first kappa shape index (κ1) is 23.9. The zero-order valence-corrected chi connectivity index (χ0v) is 20.6. The zero-order chi connectivity index (χ0) is 25.1. The van der Waals surface area contributed by atoms with Crippen LogP contribution in [-0.4, -0.2) is 16.8 Å². The number of fused-ring (bicyclic) bond motifs is 3. The average Bonchev–Trinajstić information content (AvgIpc) is 3.28. The molecule has 0 spiro atoms. The molecule has 0 fully saturated rings. The Hall–Kier alpha value is -3.77. The highest BCUT2D eigenvalue weighted by atomic mass is 32.2. The van der Waals surface area contributed by atoms with E-state index in [1.165, 1.54) is 17.8 Å². The maximum absolute atomic E-state index is 14.5. The Morgan fingerprint density at radius 1 is 1.00 bits per heavy atom. The third kappa shape index (κ3) is 5.09. The molecule has 6 heteroatoms. The van der Waals surface area contributed by atoms with E-state index in [0.29, 0.717) is 29.4 Å². The molecule has 182 valence electrons. The molecule has 0 aliphatic heterocycles. The fourth-order valence-corrected chi connectivity index (χ4v) is 5.14. The lowest BCUT2D eigenvalue weighted by atomic mass is 10.0. The predicted molar refractivity (Wildman–Crippen MR) is 143 cm³/mol. The van der Waals surface area contributed by atoms with Crippen LogP contribution >= 0.6 is 11.8 Å². The number of benzene rings is 4. The number of thioether (sulfide) groups is 1. The number of aliphatic carboxylic acids is 1. The quantitative estimate of drug-likeness (QED) is 0.223. The number of carboxylic acid groups (broad SMARTS) is 1. The van der Waals surface area contributed by atoms with Gasteiger partial charge in [0.2, 0.25) is 0 Å². The van der Waals surface area contributed by atoms with Gasteiger partial charge in [0.15, 0.2) is 0 Å². The largest absolute Gasteiger partial charge is 0.489 e. The van der Waals surface area contributed by atoms with Gasteiger partial charge >= 0.3 is 5.97 Å². The van der Waals surface area contributed by atoms with Crippen LogP contribution in [0, 0.1) is 11.7 Å². The van der Waals surface area contributed by atoms with Gasteiger partial charge in [-0.25, -0.2) is 4.39 Å². The van der Waals surface area contributed by atoms with Crippen LogP contribution in [0.15, 0.2) is 89.3 Å². The van der Waals surface area contributed by atoms with Gasteiger partial charge in [-0.05, 0) is 28.8 Å². The third-order valence-electron chi connectivity index (χ3n) is 6.15. The summed E-state index contributed by atoms with van der Waals surface area (Å²) < 4.78 is 26.5. The van der Waals surface area contributed by atoms with Crippen LogP contribution in [0.1, 0.15) is 18.1 Å². The standard InChI is InChI=1S/C30H25FO4S/c1-19(30(32)33)17-36-18-22-13-14-23(15-27(22)31)34-16-20-9-11-21(12-10-20)24-6-4-7-26-25-5-2-3-8-28(25)35-29(24)26/h2-15,19H,16-18H2,1H3,(H,32,33). The molecule has 0 saturated heterocycles. The monoisotopic (exact) mass is 500 g/mol. The number of furan rings is 1. The van der Waals surface area contributed by atoms with Crippen LogP contribution in [-0.2, 0) is 17.2 Å². The van der Waals surface area contributed by atoms with Crippen LogP contribution in [0.2, 0.25) is 0 Å². The summed E-state index contributed by atoms with van der Waals surface area (Å²) in [5.74, 6) is -0.338. The van der Waals surface area contributed by atoms with E-state index in [1.54, 1.807) is 19.1 Å². The molecular formula is C30H25FO4S. The number of halogens is 1. The molecule has 36 heavy (non-hydrogen) atoms. The average molecular weight is 501 g/mol. The fourth-order valence-electron chi connectivity index (χ4n) is 4.07. The number of rotatable bonds is 9. The second kappa shape index (κ2) is 10.5. The van der Waals surface area contributed by atoms with Gasteiger partial charge in [0, 0.05) is 33.9 Å². The summed E-state index contributed by atoms with van der Waals surface area (Å²) in [6.45, 7) is 1.97. The lowest BCUT2D eigenvalue weighted by Crippen LogP contribution is -2.11. The molecule has 1 aromatic heterocycles. The summed E-state index contributed by atoms with van der Waals surface area (Å²) in [5, 5.41) is 11.2. The second-order valence-electron chi connectivity index (χ2n) is 8.77. The van der Waals surface area contributed by atoms with Crippen molar-refractivity contribution in [3.05, 3.63) is 102 Å². The first-order valence-electron chi connectivity index (χ1n) is 11.7. The molecule has 4 nitrogen and oxygen atoms in total. The van der Waals surface area contributed by atoms with Crippen LogP contribution in [0.3, 0.4) is 0 Å². The van der Waals surface area contributed by atoms with E-state index >= 15 is 0 Å². The highest BCUT2D eigenvalue weighted by Crippen LogP contribution is 2.35. The third-order valence-corrected chi connectivity index (χ3v) is 7.40. The summed E-state index contributed by atoms with van der Waals surface area (Å²) >= 11 is 1.41. The number of para-hydroxylation sites is 2. The molecule has 0 aliphatic carbocycles. The zero-order valence-electron chi connectivity index (χ0n) is 19.7. The lowest BCUT2D eigenvalue weighted by molar-refractivity contribution is -0.140. The molecule has 1 unspecified atom stereocenters. The van der Waals surface area contributed by atoms with Gasteiger partial charge in [0.1, 0.15) is 29.3 Å². The number of ether oxygens (including phenoxy) is 1. The summed E-state index contributed by atoms with van der Waals surface area (Å²) in [6, 6.07) is 27.1. The SMILES string of the molecule is CC(CSCc1ccc(OCc2ccc(-c3cccc4c3oc3ccccc34)cc2)cc1F)C(=O)O. The Balaban J connectivity index is 1.24. The van der Waals surface area contributed by atoms with Gasteiger partial charge in [-0.2, -0.15) is 11.8 Å². The molecule has 0 amide bonds. The first-order valence-corrected chi connectivity index (χ1v) is 12.9. The van der Waals surface area contributed by atoms with Crippen molar-refractivity contribution in [1.82, 2.24) is 0 Å². The molecular weight excluding hydrogens is 475 g/mol. The predicted octanol–water partition coefficient (Wildman–Crippen LogP) is 7.93. The number of hydrogen-bond acceptors (Lipinski definition) is 4. The topological polar surface area (TPSA) is 59.7 Å². The Kier molecular flexibility index (Phi) is 6.96. The van der Waals surface area contributed by atoms with E-state index in [2.05, 4.69) is 18.2 Å². The van der Waals surface area contributed by atoms with Gasteiger partial charge in [0.25, 0.3) is 0 Å². The summed E-state index contributed by atoms with van der Waals surface area (Å²) in [5.41, 5.74) is 5.33. The molecule has 1 atom stereocenters. The van der Waals surface area contributed by atoms with Crippen molar-refractivity contribution in [1.29, 1.82) is 0 Å². The Morgan fingerprint density at radius 2 is 1.78 bits per heavy atom. The van der Waals surface area contributed by atoms with Crippen molar-refractivity contribution in [3.63, 3.8) is 0 Å². The van der Waals surface area contributed by atoms with Crippen LogP contribution < -0.4 is 4.74 Å². The summed E-state index contributed by atoms with van der Waals surface area (Å²) in [4.78, 5) is 10.9. The van der Waals surface area contributed by atoms with Gasteiger partial charge in [0.05, 0.1) is 5.92 Å². The maximum Gasteiger partial charge on any atom is 0.307 e. The number of carboxylic acids is 1. The minimum Gasteiger partial charge on any atom is -0.489 e. The Labute approximate surface area is 212 Å². The molecule has 0 radical (unpaired) electrons. The van der Waals surface area contributed by atoms with Gasteiger partial charge in [-0.3, -0.25) is 4.79 Å². The Morgan fingerprint density at radius 3 is 2.56 bits per heavy atom. The molecule has 0 aliphatic rings. The fraction of sp³-hybridized carbons (Fsp3) is 0.167. The molecule has 5 aromatic rings. The minimum absolute atomic E-state index is 0.318. The van der Waals surface area contributed by atoms with Crippen molar-refractivity contribution in [2.45, 2.75) is 19.3 Å². The van der Waals surface area contributed by atoms with E-state index in [9.17, 15) is 9.18 Å². The van der Waals surface area contributed by atoms with Crippen molar-refractivity contribution < 1.29 is 23.4 Å². The van der Waals surface area contributed by atoms with Crippen molar-refractivity contribution in [2.24, 2.45) is 5.92 Å². The molecule has 5 rings (SSSR count). The molecule has 0 bridgehead atoms. The molecule has 0 saturated carbocycles. The van der Waals surface area contributed by atoms with Gasteiger partial charge in [-0.15, -0.1) is 0 Å². The van der Waals surface area contributed by atoms with E-state index in [0.717, 1.165) is 38.6 Å². The molecule has 1 N–H and O–H groups in total.